The third kappa shape index (κ3) is 1.75. The van der Waals surface area contributed by atoms with Gasteiger partial charge in [-0.15, -0.1) is 9.19 Å². The predicted molar refractivity (Wildman–Crippen MR) is 52.6 cm³/mol. The van der Waals surface area contributed by atoms with E-state index in [1.165, 1.54) is 12.1 Å². The summed E-state index contributed by atoms with van der Waals surface area (Å²) in [6, 6.07) is 4.28. The van der Waals surface area contributed by atoms with E-state index in [1.807, 2.05) is 0 Å². The summed E-state index contributed by atoms with van der Waals surface area (Å²) >= 11 is 0. The van der Waals surface area contributed by atoms with Gasteiger partial charge in [0, 0.05) is 0 Å². The maximum absolute atomic E-state index is 12.3. The van der Waals surface area contributed by atoms with Gasteiger partial charge in [-0.2, -0.15) is 21.6 Å². The minimum absolute atomic E-state index is 0.0865. The van der Waals surface area contributed by atoms with Crippen LogP contribution in [-0.2, 0) is 10.0 Å². The van der Waals surface area contributed by atoms with Crippen molar-refractivity contribution < 1.29 is 21.6 Å². The Morgan fingerprint density at radius 1 is 1.29 bits per heavy atom. The Labute approximate surface area is 93.9 Å². The van der Waals surface area contributed by atoms with E-state index in [1.54, 1.807) is 13.0 Å². The smallest absolute Gasteiger partial charge is 0.195 e. The molecule has 0 aliphatic carbocycles. The molecule has 0 aliphatic heterocycles. The van der Waals surface area contributed by atoms with E-state index in [-0.39, 0.29) is 15.1 Å². The zero-order valence-corrected chi connectivity index (χ0v) is 9.25. The molecule has 2 aromatic rings. The molecule has 0 aliphatic rings. The van der Waals surface area contributed by atoms with Crippen molar-refractivity contribution >= 4 is 21.1 Å². The van der Waals surface area contributed by atoms with E-state index in [0.717, 1.165) is 0 Å². The summed E-state index contributed by atoms with van der Waals surface area (Å²) in [6.45, 7) is 1.62. The normalized spacial score (nSPS) is 13.2. The summed E-state index contributed by atoms with van der Waals surface area (Å²) in [6.07, 6.45) is 0. The minimum Gasteiger partial charge on any atom is -0.195 e. The number of nitrogens with zero attached hydrogens (tertiary/aromatic N) is 3. The molecule has 0 bridgehead atoms. The molecule has 92 valence electrons. The summed E-state index contributed by atoms with van der Waals surface area (Å²) in [5, 5.41) is 6.41. The van der Waals surface area contributed by atoms with Crippen LogP contribution in [0.5, 0.6) is 0 Å². The van der Waals surface area contributed by atoms with Crippen molar-refractivity contribution in [2.24, 2.45) is 0 Å². The maximum Gasteiger partial charge on any atom is 0.518 e. The van der Waals surface area contributed by atoms with Crippen molar-refractivity contribution in [3.8, 4) is 0 Å². The molecule has 9 heteroatoms. The van der Waals surface area contributed by atoms with E-state index < -0.39 is 15.5 Å². The highest BCUT2D eigenvalue weighted by Crippen LogP contribution is 2.27. The van der Waals surface area contributed by atoms with Crippen molar-refractivity contribution in [1.82, 2.24) is 14.4 Å². The lowest BCUT2D eigenvalue weighted by Gasteiger charge is -2.07. The molecule has 0 N–H and O–H groups in total. The Morgan fingerprint density at radius 3 is 2.53 bits per heavy atom. The predicted octanol–water partition coefficient (Wildman–Crippen LogP) is 1.44. The van der Waals surface area contributed by atoms with Crippen LogP contribution >= 0.6 is 0 Å². The first-order chi connectivity index (χ1) is 7.73. The molecule has 0 atom stereocenters. The van der Waals surface area contributed by atoms with Crippen LogP contribution in [-0.4, -0.2) is 28.3 Å². The highest BCUT2D eigenvalue weighted by atomic mass is 32.2. The first kappa shape index (κ1) is 11.8. The van der Waals surface area contributed by atoms with Crippen molar-refractivity contribution in [3.05, 3.63) is 23.8 Å². The van der Waals surface area contributed by atoms with Gasteiger partial charge in [0.1, 0.15) is 11.0 Å². The van der Waals surface area contributed by atoms with Crippen molar-refractivity contribution in [1.29, 1.82) is 0 Å². The minimum atomic E-state index is -5.53. The van der Waals surface area contributed by atoms with Crippen LogP contribution in [0.25, 0.3) is 11.0 Å². The zero-order chi connectivity index (χ0) is 12.8. The highest BCUT2D eigenvalue weighted by molar-refractivity contribution is 7.90. The Hall–Kier alpha value is -1.64. The molecule has 0 amide bonds. The third-order valence-electron chi connectivity index (χ3n) is 2.09. The molecule has 1 aromatic carbocycles. The van der Waals surface area contributed by atoms with E-state index in [2.05, 4.69) is 10.3 Å². The van der Waals surface area contributed by atoms with Gasteiger partial charge < -0.3 is 0 Å². The van der Waals surface area contributed by atoms with Gasteiger partial charge in [0.25, 0.3) is 0 Å². The van der Waals surface area contributed by atoms with Gasteiger partial charge in [-0.1, -0.05) is 11.3 Å². The number of hydrogen-bond acceptors (Lipinski definition) is 4. The highest BCUT2D eigenvalue weighted by Gasteiger charge is 2.49. The fourth-order valence-electron chi connectivity index (χ4n) is 1.28. The largest absolute Gasteiger partial charge is 0.518 e. The molecule has 0 spiro atoms. The first-order valence-electron chi connectivity index (χ1n) is 4.37. The number of rotatable bonds is 1. The van der Waals surface area contributed by atoms with Crippen LogP contribution in [0.3, 0.4) is 0 Å². The summed E-state index contributed by atoms with van der Waals surface area (Å²) in [5.74, 6) is 0. The Kier molecular flexibility index (Phi) is 2.38. The van der Waals surface area contributed by atoms with Gasteiger partial charge >= 0.3 is 15.5 Å². The first-order valence-corrected chi connectivity index (χ1v) is 5.81. The summed E-state index contributed by atoms with van der Waals surface area (Å²) in [4.78, 5) is 0. The Balaban J connectivity index is 2.77. The summed E-state index contributed by atoms with van der Waals surface area (Å²) < 4.78 is 59.3. The van der Waals surface area contributed by atoms with Crippen LogP contribution in [0, 0.1) is 6.92 Å². The molecule has 1 heterocycles. The molecule has 1 aromatic heterocycles. The molecule has 0 fully saturated rings. The lowest BCUT2D eigenvalue weighted by molar-refractivity contribution is -0.0448. The van der Waals surface area contributed by atoms with E-state index >= 15 is 0 Å². The number of halogens is 3. The lowest BCUT2D eigenvalue weighted by Crippen LogP contribution is -2.30. The number of alkyl halides is 3. The molecule has 2 rings (SSSR count). The summed E-state index contributed by atoms with van der Waals surface area (Å²) in [5.41, 5.74) is -4.90. The third-order valence-corrected chi connectivity index (χ3v) is 3.40. The van der Waals surface area contributed by atoms with E-state index in [9.17, 15) is 21.6 Å². The number of benzene rings is 1. The lowest BCUT2D eigenvalue weighted by atomic mass is 10.2. The molecular formula is C8H6F3N3O2S. The number of fused-ring (bicyclic) bond motifs is 1. The molecule has 0 radical (unpaired) electrons. The van der Waals surface area contributed by atoms with Gasteiger partial charge in [0.05, 0.1) is 0 Å². The van der Waals surface area contributed by atoms with E-state index in [4.69, 9.17) is 0 Å². The second kappa shape index (κ2) is 3.42. The van der Waals surface area contributed by atoms with Gasteiger partial charge in [-0.05, 0) is 24.6 Å². The van der Waals surface area contributed by atoms with Gasteiger partial charge in [-0.25, -0.2) is 0 Å². The standard InChI is InChI=1S/C8H6F3N3O2S/c1-5-2-3-6-7(4-5)14(13-12-6)17(15,16)8(9,10)11/h2-4H,1H3. The molecule has 17 heavy (non-hydrogen) atoms. The number of aryl methyl sites for hydroxylation is 1. The molecule has 0 saturated heterocycles. The van der Waals surface area contributed by atoms with Crippen molar-refractivity contribution in [2.75, 3.05) is 0 Å². The van der Waals surface area contributed by atoms with Crippen LogP contribution < -0.4 is 0 Å². The van der Waals surface area contributed by atoms with Crippen molar-refractivity contribution in [2.45, 2.75) is 12.4 Å². The molecule has 0 unspecified atom stereocenters. The summed E-state index contributed by atoms with van der Waals surface area (Å²) in [7, 11) is -5.53. The second-order valence-corrected chi connectivity index (χ2v) is 5.13. The van der Waals surface area contributed by atoms with Crippen LogP contribution in [0.2, 0.25) is 0 Å². The Morgan fingerprint density at radius 2 is 1.94 bits per heavy atom. The Bertz CT molecular complexity index is 675. The zero-order valence-electron chi connectivity index (χ0n) is 8.43. The molecule has 5 nitrogen and oxygen atoms in total. The van der Waals surface area contributed by atoms with Crippen molar-refractivity contribution in [3.63, 3.8) is 0 Å². The fraction of sp³-hybridized carbons (Fsp3) is 0.250. The van der Waals surface area contributed by atoms with Gasteiger partial charge in [-0.3, -0.25) is 0 Å². The monoisotopic (exact) mass is 265 g/mol. The molecule has 0 saturated carbocycles. The van der Waals surface area contributed by atoms with E-state index in [0.29, 0.717) is 5.56 Å². The SMILES string of the molecule is Cc1ccc2nnn(S(=O)(=O)C(F)(F)F)c2c1. The van der Waals surface area contributed by atoms with Crippen LogP contribution in [0.15, 0.2) is 18.2 Å². The average molecular weight is 265 g/mol. The van der Waals surface area contributed by atoms with Crippen LogP contribution in [0.1, 0.15) is 5.56 Å². The maximum atomic E-state index is 12.3. The van der Waals surface area contributed by atoms with Gasteiger partial charge in [0.15, 0.2) is 0 Å². The molecular weight excluding hydrogens is 259 g/mol. The van der Waals surface area contributed by atoms with Crippen LogP contribution in [0.4, 0.5) is 13.2 Å². The number of hydrogen-bond donors (Lipinski definition) is 0. The fourth-order valence-corrected chi connectivity index (χ4v) is 2.02. The second-order valence-electron chi connectivity index (χ2n) is 3.38. The quantitative estimate of drug-likeness (QED) is 0.782. The van der Waals surface area contributed by atoms with Gasteiger partial charge in [0.2, 0.25) is 0 Å². The topological polar surface area (TPSA) is 64.8 Å². The average Bonchev–Trinajstić information content (AvgIpc) is 2.58. The number of aromatic nitrogens is 3.